The van der Waals surface area contributed by atoms with Gasteiger partial charge < -0.3 is 27.9 Å². The van der Waals surface area contributed by atoms with Gasteiger partial charge in [-0.05, 0) is 57.8 Å². The van der Waals surface area contributed by atoms with Crippen molar-refractivity contribution in [2.75, 3.05) is 47.5 Å². The lowest BCUT2D eigenvalue weighted by Gasteiger charge is -2.28. The van der Waals surface area contributed by atoms with E-state index in [1.807, 2.05) is 39.4 Å². The minimum absolute atomic E-state index is 0.0501. The Balaban J connectivity index is 4.57. The smallest absolute Gasteiger partial charge is 0.306 e. The van der Waals surface area contributed by atoms with Crippen molar-refractivity contribution >= 4 is 19.8 Å². The van der Waals surface area contributed by atoms with Gasteiger partial charge in [0.25, 0.3) is 7.82 Å². The van der Waals surface area contributed by atoms with E-state index in [9.17, 15) is 19.0 Å². The van der Waals surface area contributed by atoms with Crippen LogP contribution in [0.5, 0.6) is 0 Å². The molecule has 0 aliphatic rings. The molecule has 0 aromatic rings. The number of hydrogen-bond donors (Lipinski definition) is 0. The van der Waals surface area contributed by atoms with Crippen molar-refractivity contribution < 1.29 is 42.1 Å². The topological polar surface area (TPSA) is 111 Å². The lowest BCUT2D eigenvalue weighted by atomic mass is 10.1. The molecule has 2 unspecified atom stereocenters. The highest BCUT2D eigenvalue weighted by Crippen LogP contribution is 2.38. The zero-order valence-corrected chi connectivity index (χ0v) is 35.8. The predicted molar refractivity (Wildman–Crippen MR) is 222 cm³/mol. The van der Waals surface area contributed by atoms with Gasteiger partial charge in [-0.25, -0.2) is 0 Å². The molecule has 2 atom stereocenters. The van der Waals surface area contributed by atoms with Crippen molar-refractivity contribution in [1.82, 2.24) is 0 Å². The number of quaternary nitrogens is 1. The quantitative estimate of drug-likeness (QED) is 0.0201. The van der Waals surface area contributed by atoms with Crippen LogP contribution < -0.4 is 4.89 Å². The predicted octanol–water partition coefficient (Wildman–Crippen LogP) is 11.1. The number of hydrogen-bond acceptors (Lipinski definition) is 8. The molecular formula is C44H78NO8P. The number of rotatable bonds is 37. The van der Waals surface area contributed by atoms with Gasteiger partial charge >= 0.3 is 11.9 Å². The third kappa shape index (κ3) is 39.4. The first-order valence-corrected chi connectivity index (χ1v) is 22.5. The first-order valence-electron chi connectivity index (χ1n) is 21.0. The largest absolute Gasteiger partial charge is 0.756 e. The van der Waals surface area contributed by atoms with Gasteiger partial charge in [-0.3, -0.25) is 14.2 Å². The molecule has 0 aromatic carbocycles. The van der Waals surface area contributed by atoms with Crippen molar-refractivity contribution in [2.45, 2.75) is 161 Å². The number of carbonyl (C=O) groups is 2. The van der Waals surface area contributed by atoms with E-state index in [0.717, 1.165) is 38.5 Å². The van der Waals surface area contributed by atoms with Crippen LogP contribution >= 0.6 is 7.82 Å². The Morgan fingerprint density at radius 1 is 0.574 bits per heavy atom. The maximum absolute atomic E-state index is 12.6. The van der Waals surface area contributed by atoms with Crippen molar-refractivity contribution in [3.63, 3.8) is 0 Å². The Morgan fingerprint density at radius 3 is 1.54 bits per heavy atom. The molecule has 0 heterocycles. The van der Waals surface area contributed by atoms with Crippen LogP contribution in [-0.4, -0.2) is 70.0 Å². The molecule has 0 aliphatic heterocycles. The Hall–Kier alpha value is -2.29. The summed E-state index contributed by atoms with van der Waals surface area (Å²) in [5.74, 6) is -0.990. The van der Waals surface area contributed by atoms with Crippen LogP contribution in [0.1, 0.15) is 155 Å². The fraction of sp³-hybridized carbons (Fsp3) is 0.727. The second-order valence-corrected chi connectivity index (χ2v) is 16.4. The van der Waals surface area contributed by atoms with E-state index in [2.05, 4.69) is 56.4 Å². The minimum atomic E-state index is -4.65. The molecule has 0 aliphatic carbocycles. The number of phosphoric acid groups is 1. The summed E-state index contributed by atoms with van der Waals surface area (Å²) < 4.78 is 33.7. The highest BCUT2D eigenvalue weighted by atomic mass is 31.2. The van der Waals surface area contributed by atoms with E-state index in [1.54, 1.807) is 0 Å². The Morgan fingerprint density at radius 2 is 1.00 bits per heavy atom. The van der Waals surface area contributed by atoms with E-state index in [-0.39, 0.29) is 26.1 Å². The first kappa shape index (κ1) is 51.7. The van der Waals surface area contributed by atoms with Gasteiger partial charge in [0.15, 0.2) is 6.10 Å². The van der Waals surface area contributed by atoms with Gasteiger partial charge in [0.2, 0.25) is 0 Å². The highest BCUT2D eigenvalue weighted by molar-refractivity contribution is 7.45. The molecule has 0 saturated heterocycles. The molecule has 9 nitrogen and oxygen atoms in total. The van der Waals surface area contributed by atoms with Crippen LogP contribution in [-0.2, 0) is 32.7 Å². The van der Waals surface area contributed by atoms with E-state index in [1.165, 1.54) is 77.0 Å². The summed E-state index contributed by atoms with van der Waals surface area (Å²) in [5, 5.41) is 0. The van der Waals surface area contributed by atoms with E-state index < -0.39 is 32.5 Å². The van der Waals surface area contributed by atoms with Crippen LogP contribution in [0.15, 0.2) is 60.8 Å². The Bertz CT molecular complexity index is 1110. The lowest BCUT2D eigenvalue weighted by molar-refractivity contribution is -0.870. The molecule has 0 spiro atoms. The number of ether oxygens (including phenoxy) is 2. The van der Waals surface area contributed by atoms with Crippen molar-refractivity contribution in [1.29, 1.82) is 0 Å². The summed E-state index contributed by atoms with van der Waals surface area (Å²) in [6, 6.07) is 0. The van der Waals surface area contributed by atoms with Crippen LogP contribution in [0.4, 0.5) is 0 Å². The molecule has 0 fully saturated rings. The van der Waals surface area contributed by atoms with Gasteiger partial charge in [-0.15, -0.1) is 0 Å². The molecule has 0 amide bonds. The third-order valence-corrected chi connectivity index (χ3v) is 9.50. The monoisotopic (exact) mass is 780 g/mol. The van der Waals surface area contributed by atoms with E-state index >= 15 is 0 Å². The summed E-state index contributed by atoms with van der Waals surface area (Å²) in [6.45, 7) is 4.06. The lowest BCUT2D eigenvalue weighted by Crippen LogP contribution is -2.37. The fourth-order valence-electron chi connectivity index (χ4n) is 5.21. The fourth-order valence-corrected chi connectivity index (χ4v) is 5.93. The Labute approximate surface area is 330 Å². The zero-order valence-electron chi connectivity index (χ0n) is 34.9. The number of unbranched alkanes of at least 4 members (excludes halogenated alkanes) is 13. The number of allylic oxidation sites excluding steroid dienone is 10. The van der Waals surface area contributed by atoms with Crippen molar-refractivity contribution in [2.24, 2.45) is 0 Å². The zero-order chi connectivity index (χ0) is 40.0. The van der Waals surface area contributed by atoms with Gasteiger partial charge in [0.05, 0.1) is 27.7 Å². The molecule has 54 heavy (non-hydrogen) atoms. The molecule has 0 bridgehead atoms. The maximum atomic E-state index is 12.6. The average Bonchev–Trinajstić information content (AvgIpc) is 3.12. The third-order valence-electron chi connectivity index (χ3n) is 8.54. The van der Waals surface area contributed by atoms with Crippen LogP contribution in [0, 0.1) is 0 Å². The van der Waals surface area contributed by atoms with Crippen LogP contribution in [0.25, 0.3) is 0 Å². The molecule has 312 valence electrons. The number of likely N-dealkylation sites (N-methyl/N-ethyl adjacent to an activating group) is 1. The SMILES string of the molecule is CCCCCC/C=C\C/C=C\C/C=C\C/C=C\CCC(=O)OC(COC(=O)CC/C=C\CCCCCCCCCCC)COP(=O)([O-])OCC[N+](C)(C)C. The van der Waals surface area contributed by atoms with E-state index in [0.29, 0.717) is 23.9 Å². The molecular weight excluding hydrogens is 701 g/mol. The standard InChI is InChI=1S/C44H78NO8P/c1-6-8-10-12-14-16-18-20-21-22-23-25-27-29-31-33-35-37-44(47)53-42(41-52-54(48,49)51-39-38-45(3,4)5)40-50-43(46)36-34-32-30-28-26-24-19-17-15-13-11-9-7-2/h16,18,21-22,25,27,30-33,42H,6-15,17,19-20,23-24,26,28-29,34-41H2,1-5H3/b18-16-,22-21-,27-25-,32-30-,33-31-. The van der Waals surface area contributed by atoms with Crippen molar-refractivity contribution in [3.8, 4) is 0 Å². The normalized spacial score (nSPS) is 14.3. The van der Waals surface area contributed by atoms with Crippen molar-refractivity contribution in [3.05, 3.63) is 60.8 Å². The number of nitrogens with zero attached hydrogens (tertiary/aromatic N) is 1. The second kappa shape index (κ2) is 36.4. The van der Waals surface area contributed by atoms with Gasteiger partial charge in [-0.2, -0.15) is 0 Å². The molecule has 0 aromatic heterocycles. The number of phosphoric ester groups is 1. The first-order chi connectivity index (χ1) is 26.0. The van der Waals surface area contributed by atoms with E-state index in [4.69, 9.17) is 18.5 Å². The summed E-state index contributed by atoms with van der Waals surface area (Å²) in [4.78, 5) is 37.4. The molecule has 10 heteroatoms. The molecule has 0 radical (unpaired) electrons. The summed E-state index contributed by atoms with van der Waals surface area (Å²) in [7, 11) is 1.10. The summed E-state index contributed by atoms with van der Waals surface area (Å²) in [5.41, 5.74) is 0. The Kier molecular flexibility index (Phi) is 34.8. The van der Waals surface area contributed by atoms with Crippen LogP contribution in [0.2, 0.25) is 0 Å². The number of esters is 2. The molecule has 0 rings (SSSR count). The van der Waals surface area contributed by atoms with Gasteiger partial charge in [0.1, 0.15) is 19.8 Å². The average molecular weight is 780 g/mol. The summed E-state index contributed by atoms with van der Waals surface area (Å²) in [6.07, 6.45) is 42.8. The summed E-state index contributed by atoms with van der Waals surface area (Å²) >= 11 is 0. The molecule has 0 saturated carbocycles. The number of carbonyl (C=O) groups excluding carboxylic acids is 2. The highest BCUT2D eigenvalue weighted by Gasteiger charge is 2.21. The van der Waals surface area contributed by atoms with Crippen LogP contribution in [0.3, 0.4) is 0 Å². The minimum Gasteiger partial charge on any atom is -0.756 e. The molecule has 0 N–H and O–H groups in total. The van der Waals surface area contributed by atoms with Gasteiger partial charge in [0, 0.05) is 12.8 Å². The maximum Gasteiger partial charge on any atom is 0.306 e. The van der Waals surface area contributed by atoms with Gasteiger partial charge in [-0.1, -0.05) is 145 Å². The second-order valence-electron chi connectivity index (χ2n) is 15.0.